The van der Waals surface area contributed by atoms with Crippen molar-refractivity contribution in [2.24, 2.45) is 23.5 Å². The molecule has 1 saturated carbocycles. The highest BCUT2D eigenvalue weighted by molar-refractivity contribution is 7.10. The molecule has 0 spiro atoms. The van der Waals surface area contributed by atoms with Gasteiger partial charge in [0, 0.05) is 62.0 Å². The number of halogens is 3. The zero-order valence-corrected chi connectivity index (χ0v) is 32.1. The summed E-state index contributed by atoms with van der Waals surface area (Å²) in [5, 5.41) is 17.9. The van der Waals surface area contributed by atoms with Crippen molar-refractivity contribution < 1.29 is 47.0 Å². The fourth-order valence-corrected chi connectivity index (χ4v) is 7.04. The third kappa shape index (κ3) is 15.5. The number of ether oxygens (including phenoxy) is 1. The maximum absolute atomic E-state index is 13.2. The van der Waals surface area contributed by atoms with E-state index in [0.29, 0.717) is 11.4 Å². The molecule has 2 aromatic rings. The second-order valence-electron chi connectivity index (χ2n) is 13.3. The van der Waals surface area contributed by atoms with Gasteiger partial charge < -0.3 is 31.1 Å². The van der Waals surface area contributed by atoms with Crippen LogP contribution in [-0.4, -0.2) is 82.4 Å². The zero-order valence-electron chi connectivity index (χ0n) is 30.5. The SMILES string of the molecule is CC(=O)OC(CC(C(C)C)N(C)C(=O)C1CC1)c1nc(C(=O)NC(Cc2nc(C(F)(F)F)cs2)CC(C)C(=O)O)cs1.CNCCCCCC(N)=O. The number of nitrogens with two attached hydrogens (primary N) is 1. The van der Waals surface area contributed by atoms with Gasteiger partial charge in [0.25, 0.3) is 5.91 Å². The molecular formula is C34H51F3N6O7S2. The molecule has 5 N–H and O–H groups in total. The number of aliphatic carboxylic acids is 1. The smallest absolute Gasteiger partial charge is 0.434 e. The average Bonchev–Trinajstić information content (AvgIpc) is 3.57. The van der Waals surface area contributed by atoms with E-state index in [1.807, 2.05) is 20.9 Å². The lowest BCUT2D eigenvalue weighted by Gasteiger charge is -2.33. The van der Waals surface area contributed by atoms with Gasteiger partial charge >= 0.3 is 18.1 Å². The number of nitrogens with zero attached hydrogens (tertiary/aromatic N) is 3. The molecule has 1 aliphatic rings. The second kappa shape index (κ2) is 21.2. The summed E-state index contributed by atoms with van der Waals surface area (Å²) in [7, 11) is 3.66. The molecule has 0 aromatic carbocycles. The molecule has 0 aliphatic heterocycles. The quantitative estimate of drug-likeness (QED) is 0.103. The van der Waals surface area contributed by atoms with Crippen molar-refractivity contribution in [1.82, 2.24) is 25.5 Å². The monoisotopic (exact) mass is 776 g/mol. The fraction of sp³-hybridized carbons (Fsp3) is 0.676. The lowest BCUT2D eigenvalue weighted by molar-refractivity contribution is -0.148. The number of carboxylic acids is 1. The first-order valence-corrected chi connectivity index (χ1v) is 19.0. The molecule has 1 fully saturated rings. The first-order chi connectivity index (χ1) is 24.3. The van der Waals surface area contributed by atoms with Crippen LogP contribution in [0.5, 0.6) is 0 Å². The number of thiazole rings is 2. The number of amides is 3. The van der Waals surface area contributed by atoms with Crippen molar-refractivity contribution in [3.63, 3.8) is 0 Å². The van der Waals surface area contributed by atoms with Crippen molar-refractivity contribution in [1.29, 1.82) is 0 Å². The molecule has 3 amide bonds. The Morgan fingerprint density at radius 2 is 1.73 bits per heavy atom. The predicted molar refractivity (Wildman–Crippen MR) is 190 cm³/mol. The highest BCUT2D eigenvalue weighted by atomic mass is 32.1. The molecule has 18 heteroatoms. The summed E-state index contributed by atoms with van der Waals surface area (Å²) in [6.07, 6.45) is 0.0524. The van der Waals surface area contributed by atoms with Gasteiger partial charge in [-0.05, 0) is 51.6 Å². The highest BCUT2D eigenvalue weighted by Crippen LogP contribution is 2.35. The zero-order chi connectivity index (χ0) is 39.2. The van der Waals surface area contributed by atoms with Crippen molar-refractivity contribution in [3.05, 3.63) is 32.2 Å². The first-order valence-electron chi connectivity index (χ1n) is 17.2. The predicted octanol–water partition coefficient (Wildman–Crippen LogP) is 5.21. The van der Waals surface area contributed by atoms with Crippen LogP contribution in [-0.2, 0) is 36.5 Å². The van der Waals surface area contributed by atoms with Crippen LogP contribution in [0.3, 0.4) is 0 Å². The Morgan fingerprint density at radius 1 is 1.06 bits per heavy atom. The summed E-state index contributed by atoms with van der Waals surface area (Å²) in [6.45, 7) is 7.65. The van der Waals surface area contributed by atoms with Gasteiger partial charge in [-0.3, -0.25) is 24.0 Å². The third-order valence-electron chi connectivity index (χ3n) is 8.34. The van der Waals surface area contributed by atoms with Crippen LogP contribution in [0.2, 0.25) is 0 Å². The minimum Gasteiger partial charge on any atom is -0.481 e. The normalized spacial score (nSPS) is 15.1. The Kier molecular flexibility index (Phi) is 18.1. The maximum Gasteiger partial charge on any atom is 0.434 e. The highest BCUT2D eigenvalue weighted by Gasteiger charge is 2.38. The van der Waals surface area contributed by atoms with Crippen molar-refractivity contribution in [2.45, 2.75) is 110 Å². The molecule has 0 bridgehead atoms. The number of alkyl halides is 3. The van der Waals surface area contributed by atoms with E-state index >= 15 is 0 Å². The van der Waals surface area contributed by atoms with Crippen molar-refractivity contribution in [2.75, 3.05) is 20.6 Å². The molecule has 1 aliphatic carbocycles. The summed E-state index contributed by atoms with van der Waals surface area (Å²) in [5.74, 6) is -3.31. The molecule has 2 heterocycles. The molecule has 52 heavy (non-hydrogen) atoms. The Balaban J connectivity index is 0.000000815. The van der Waals surface area contributed by atoms with Gasteiger partial charge in [-0.2, -0.15) is 13.2 Å². The summed E-state index contributed by atoms with van der Waals surface area (Å²) < 4.78 is 44.6. The van der Waals surface area contributed by atoms with Gasteiger partial charge in [0.15, 0.2) is 11.8 Å². The second-order valence-corrected chi connectivity index (χ2v) is 15.1. The van der Waals surface area contributed by atoms with Gasteiger partial charge in [-0.1, -0.05) is 27.2 Å². The molecule has 3 rings (SSSR count). The number of hydrogen-bond acceptors (Lipinski definition) is 11. The van der Waals surface area contributed by atoms with Crippen LogP contribution in [0, 0.1) is 17.8 Å². The van der Waals surface area contributed by atoms with Gasteiger partial charge in [-0.15, -0.1) is 22.7 Å². The number of primary amides is 1. The number of carbonyl (C=O) groups excluding carboxylic acids is 4. The standard InChI is InChI=1S/C27H35F3N4O6S2.C7H16N2O/c1-13(2)19(34(5)25(37)16-6-7-16)10-20(40-15(4)35)24-32-18(11-42-24)23(36)31-17(8-14(3)26(38)39)9-22-33-21(12-41-22)27(28,29)30;1-9-6-4-2-3-5-7(8)10/h11-14,16-17,19-20H,6-10H2,1-5H3,(H,31,36)(H,38,39);9H,2-6H2,1H3,(H2,8,10). The summed E-state index contributed by atoms with van der Waals surface area (Å²) in [4.78, 5) is 69.2. The van der Waals surface area contributed by atoms with Gasteiger partial charge in [-0.25, -0.2) is 9.97 Å². The van der Waals surface area contributed by atoms with Crippen molar-refractivity contribution in [3.8, 4) is 0 Å². The first kappa shape index (κ1) is 44.5. The van der Waals surface area contributed by atoms with E-state index in [-0.39, 0.29) is 59.7 Å². The number of rotatable bonds is 20. The molecular weight excluding hydrogens is 726 g/mol. The number of hydrogen-bond donors (Lipinski definition) is 4. The minimum absolute atomic E-state index is 0.0137. The molecule has 4 unspecified atom stereocenters. The number of unbranched alkanes of at least 4 members (excludes halogenated alkanes) is 2. The number of aromatic nitrogens is 2. The van der Waals surface area contributed by atoms with Crippen molar-refractivity contribution >= 4 is 52.3 Å². The average molecular weight is 777 g/mol. The van der Waals surface area contributed by atoms with E-state index in [1.54, 1.807) is 11.9 Å². The third-order valence-corrected chi connectivity index (χ3v) is 10.2. The number of carboxylic acid groups (broad SMARTS) is 1. The van der Waals surface area contributed by atoms with Crippen LogP contribution < -0.4 is 16.4 Å². The van der Waals surface area contributed by atoms with E-state index in [4.69, 9.17) is 10.5 Å². The minimum atomic E-state index is -4.62. The lowest BCUT2D eigenvalue weighted by Crippen LogP contribution is -2.42. The largest absolute Gasteiger partial charge is 0.481 e. The Bertz CT molecular complexity index is 1480. The maximum atomic E-state index is 13.2. The van der Waals surface area contributed by atoms with Crippen LogP contribution in [0.4, 0.5) is 13.2 Å². The number of carbonyl (C=O) groups is 5. The Labute approximate surface area is 310 Å². The molecule has 0 saturated heterocycles. The van der Waals surface area contributed by atoms with Crippen LogP contribution in [0.15, 0.2) is 10.8 Å². The number of nitrogens with one attached hydrogen (secondary N) is 2. The van der Waals surface area contributed by atoms with Crippen LogP contribution in [0.25, 0.3) is 0 Å². The van der Waals surface area contributed by atoms with Gasteiger partial charge in [0.05, 0.1) is 10.9 Å². The Morgan fingerprint density at radius 3 is 2.25 bits per heavy atom. The van der Waals surface area contributed by atoms with E-state index < -0.39 is 47.8 Å². The van der Waals surface area contributed by atoms with Crippen LogP contribution >= 0.6 is 22.7 Å². The molecule has 4 atom stereocenters. The van der Waals surface area contributed by atoms with E-state index in [1.165, 1.54) is 19.2 Å². The molecule has 13 nitrogen and oxygen atoms in total. The van der Waals surface area contributed by atoms with Crippen LogP contribution in [0.1, 0.15) is 111 Å². The van der Waals surface area contributed by atoms with Gasteiger partial charge in [0.2, 0.25) is 11.8 Å². The number of esters is 1. The van der Waals surface area contributed by atoms with E-state index in [0.717, 1.165) is 66.7 Å². The summed E-state index contributed by atoms with van der Waals surface area (Å²) in [6, 6.07) is -1.09. The molecule has 292 valence electrons. The lowest BCUT2D eigenvalue weighted by atomic mass is 9.96. The fourth-order valence-electron chi connectivity index (χ4n) is 5.32. The summed E-state index contributed by atoms with van der Waals surface area (Å²) in [5.41, 5.74) is 3.89. The van der Waals surface area contributed by atoms with Gasteiger partial charge in [0.1, 0.15) is 10.7 Å². The molecule has 2 aromatic heterocycles. The Hall–Kier alpha value is -3.64. The topological polar surface area (TPSA) is 194 Å². The van der Waals surface area contributed by atoms with E-state index in [2.05, 4.69) is 20.6 Å². The molecule has 0 radical (unpaired) electrons. The van der Waals surface area contributed by atoms with E-state index in [9.17, 15) is 42.3 Å². The summed E-state index contributed by atoms with van der Waals surface area (Å²) >= 11 is 1.87.